The summed E-state index contributed by atoms with van der Waals surface area (Å²) in [4.78, 5) is 9.00. The van der Waals surface area contributed by atoms with Gasteiger partial charge in [-0.3, -0.25) is 0 Å². The third-order valence-corrected chi connectivity index (χ3v) is 2.43. The van der Waals surface area contributed by atoms with Gasteiger partial charge in [0.2, 0.25) is 0 Å². The van der Waals surface area contributed by atoms with Gasteiger partial charge in [0.15, 0.2) is 0 Å². The summed E-state index contributed by atoms with van der Waals surface area (Å²) >= 11 is 0. The van der Waals surface area contributed by atoms with Crippen molar-refractivity contribution in [1.29, 1.82) is 0 Å². The minimum absolute atomic E-state index is 0.0628. The predicted octanol–water partition coefficient (Wildman–Crippen LogP) is 3.24. The maximum Gasteiger partial charge on any atom is 0.126 e. The number of para-hydroxylation sites is 1. The van der Waals surface area contributed by atoms with Crippen molar-refractivity contribution in [3.63, 3.8) is 0 Å². The molecule has 0 saturated heterocycles. The van der Waals surface area contributed by atoms with Crippen LogP contribution in [0.2, 0.25) is 0 Å². The van der Waals surface area contributed by atoms with Gasteiger partial charge in [-0.15, -0.1) is 0 Å². The molecule has 0 saturated carbocycles. The molecule has 2 rings (SSSR count). The smallest absolute Gasteiger partial charge is 0.126 e. The van der Waals surface area contributed by atoms with Crippen LogP contribution < -0.4 is 0 Å². The molecule has 0 aliphatic heterocycles. The Morgan fingerprint density at radius 3 is 2.33 bits per heavy atom. The fraction of sp³-hybridized carbons (Fsp3) is 0.385. The Morgan fingerprint density at radius 2 is 1.67 bits per heavy atom. The zero-order valence-electron chi connectivity index (χ0n) is 9.70. The van der Waals surface area contributed by atoms with Crippen LogP contribution in [0.4, 0.5) is 0 Å². The number of benzene rings is 1. The fourth-order valence-electron chi connectivity index (χ4n) is 1.76. The van der Waals surface area contributed by atoms with Gasteiger partial charge in [-0.05, 0) is 13.0 Å². The van der Waals surface area contributed by atoms with Crippen LogP contribution in [0, 0.1) is 6.92 Å². The largest absolute Gasteiger partial charge is 0.237 e. The summed E-state index contributed by atoms with van der Waals surface area (Å²) < 4.78 is 0. The van der Waals surface area contributed by atoms with Crippen molar-refractivity contribution in [2.75, 3.05) is 0 Å². The molecule has 15 heavy (non-hydrogen) atoms. The van der Waals surface area contributed by atoms with E-state index in [0.717, 1.165) is 22.4 Å². The van der Waals surface area contributed by atoms with Crippen molar-refractivity contribution < 1.29 is 0 Å². The maximum atomic E-state index is 4.56. The van der Waals surface area contributed by atoms with E-state index in [1.165, 1.54) is 0 Å². The summed E-state index contributed by atoms with van der Waals surface area (Å²) in [5.41, 5.74) is 2.23. The molecule has 0 N–H and O–H groups in total. The first-order valence-electron chi connectivity index (χ1n) is 5.22. The van der Waals surface area contributed by atoms with E-state index in [4.69, 9.17) is 0 Å². The SMILES string of the molecule is Cc1nc(C(C)(C)C)c2ccccc2n1. The van der Waals surface area contributed by atoms with E-state index in [-0.39, 0.29) is 5.41 Å². The highest BCUT2D eigenvalue weighted by Crippen LogP contribution is 2.27. The molecule has 2 heteroatoms. The van der Waals surface area contributed by atoms with Gasteiger partial charge in [0.1, 0.15) is 5.82 Å². The zero-order valence-corrected chi connectivity index (χ0v) is 9.70. The van der Waals surface area contributed by atoms with Crippen molar-refractivity contribution in [1.82, 2.24) is 9.97 Å². The Morgan fingerprint density at radius 1 is 1.00 bits per heavy atom. The molecule has 0 radical (unpaired) electrons. The lowest BCUT2D eigenvalue weighted by Gasteiger charge is -2.20. The quantitative estimate of drug-likeness (QED) is 0.652. The minimum Gasteiger partial charge on any atom is -0.237 e. The Labute approximate surface area is 90.4 Å². The summed E-state index contributed by atoms with van der Waals surface area (Å²) in [5.74, 6) is 0.846. The van der Waals surface area contributed by atoms with Crippen molar-refractivity contribution in [3.05, 3.63) is 35.8 Å². The topological polar surface area (TPSA) is 25.8 Å². The van der Waals surface area contributed by atoms with Crippen LogP contribution >= 0.6 is 0 Å². The second-order valence-electron chi connectivity index (χ2n) is 4.89. The van der Waals surface area contributed by atoms with E-state index in [2.05, 4.69) is 36.8 Å². The molecular formula is C13H16N2. The third kappa shape index (κ3) is 1.84. The first-order valence-corrected chi connectivity index (χ1v) is 5.22. The summed E-state index contributed by atoms with van der Waals surface area (Å²) in [6, 6.07) is 8.19. The number of aryl methyl sites for hydroxylation is 1. The minimum atomic E-state index is 0.0628. The second kappa shape index (κ2) is 3.30. The van der Waals surface area contributed by atoms with E-state index < -0.39 is 0 Å². The van der Waals surface area contributed by atoms with Gasteiger partial charge in [0.05, 0.1) is 11.2 Å². The summed E-state index contributed by atoms with van der Waals surface area (Å²) in [5, 5.41) is 1.16. The highest BCUT2D eigenvalue weighted by Gasteiger charge is 2.19. The maximum absolute atomic E-state index is 4.56. The highest BCUT2D eigenvalue weighted by atomic mass is 14.9. The highest BCUT2D eigenvalue weighted by molar-refractivity contribution is 5.81. The molecule has 0 unspecified atom stereocenters. The van der Waals surface area contributed by atoms with Crippen molar-refractivity contribution >= 4 is 10.9 Å². The standard InChI is InChI=1S/C13H16N2/c1-9-14-11-8-6-5-7-10(11)12(15-9)13(2,3)4/h5-8H,1-4H3. The molecule has 0 bridgehead atoms. The number of hydrogen-bond donors (Lipinski definition) is 0. The van der Waals surface area contributed by atoms with Crippen molar-refractivity contribution in [2.24, 2.45) is 0 Å². The molecule has 0 amide bonds. The molecule has 0 fully saturated rings. The predicted molar refractivity (Wildman–Crippen MR) is 63.0 cm³/mol. The molecular weight excluding hydrogens is 184 g/mol. The molecule has 2 nitrogen and oxygen atoms in total. The number of nitrogens with zero attached hydrogens (tertiary/aromatic N) is 2. The van der Waals surface area contributed by atoms with Crippen molar-refractivity contribution in [2.45, 2.75) is 33.1 Å². The molecule has 1 aromatic carbocycles. The van der Waals surface area contributed by atoms with E-state index in [1.807, 2.05) is 25.1 Å². The van der Waals surface area contributed by atoms with Gasteiger partial charge in [-0.1, -0.05) is 39.0 Å². The number of fused-ring (bicyclic) bond motifs is 1. The van der Waals surface area contributed by atoms with Gasteiger partial charge in [-0.2, -0.15) is 0 Å². The Balaban J connectivity index is 2.83. The lowest BCUT2D eigenvalue weighted by Crippen LogP contribution is -2.15. The van der Waals surface area contributed by atoms with Crippen LogP contribution in [-0.2, 0) is 5.41 Å². The van der Waals surface area contributed by atoms with E-state index in [9.17, 15) is 0 Å². The molecule has 1 aromatic heterocycles. The van der Waals surface area contributed by atoms with E-state index in [1.54, 1.807) is 0 Å². The monoisotopic (exact) mass is 200 g/mol. The molecule has 78 valence electrons. The summed E-state index contributed by atoms with van der Waals surface area (Å²) in [6.07, 6.45) is 0. The normalized spacial score (nSPS) is 12.0. The lowest BCUT2D eigenvalue weighted by atomic mass is 9.89. The Bertz CT molecular complexity index is 495. The van der Waals surface area contributed by atoms with Crippen LogP contribution in [0.15, 0.2) is 24.3 Å². The summed E-state index contributed by atoms with van der Waals surface area (Å²) in [7, 11) is 0. The molecule has 0 spiro atoms. The van der Waals surface area contributed by atoms with Gasteiger partial charge in [-0.25, -0.2) is 9.97 Å². The zero-order chi connectivity index (χ0) is 11.1. The average molecular weight is 200 g/mol. The van der Waals surface area contributed by atoms with Gasteiger partial charge in [0.25, 0.3) is 0 Å². The molecule has 2 aromatic rings. The first kappa shape index (κ1) is 10.1. The molecule has 1 heterocycles. The van der Waals surface area contributed by atoms with Crippen LogP contribution in [0.3, 0.4) is 0 Å². The first-order chi connectivity index (χ1) is 6.98. The third-order valence-electron chi connectivity index (χ3n) is 2.43. The second-order valence-corrected chi connectivity index (χ2v) is 4.89. The lowest BCUT2D eigenvalue weighted by molar-refractivity contribution is 0.571. The number of rotatable bonds is 0. The van der Waals surface area contributed by atoms with E-state index in [0.29, 0.717) is 0 Å². The Hall–Kier alpha value is -1.44. The summed E-state index contributed by atoms with van der Waals surface area (Å²) in [6.45, 7) is 8.49. The van der Waals surface area contributed by atoms with Crippen molar-refractivity contribution in [3.8, 4) is 0 Å². The van der Waals surface area contributed by atoms with Gasteiger partial charge < -0.3 is 0 Å². The van der Waals surface area contributed by atoms with Crippen LogP contribution in [0.1, 0.15) is 32.3 Å². The van der Waals surface area contributed by atoms with Crippen LogP contribution in [0.5, 0.6) is 0 Å². The molecule has 0 aliphatic carbocycles. The van der Waals surface area contributed by atoms with Crippen LogP contribution in [0.25, 0.3) is 10.9 Å². The number of hydrogen-bond acceptors (Lipinski definition) is 2. The fourth-order valence-corrected chi connectivity index (χ4v) is 1.76. The molecule has 0 atom stereocenters. The van der Waals surface area contributed by atoms with Crippen LogP contribution in [-0.4, -0.2) is 9.97 Å². The number of aromatic nitrogens is 2. The van der Waals surface area contributed by atoms with E-state index >= 15 is 0 Å². The van der Waals surface area contributed by atoms with Gasteiger partial charge in [0, 0.05) is 10.8 Å². The molecule has 0 aliphatic rings. The Kier molecular flexibility index (Phi) is 2.22. The average Bonchev–Trinajstić information content (AvgIpc) is 2.15. The van der Waals surface area contributed by atoms with Gasteiger partial charge >= 0.3 is 0 Å².